The molecule has 2 heteroatoms. The first-order valence-electron chi connectivity index (χ1n) is 6.64. The van der Waals surface area contributed by atoms with Crippen LogP contribution in [-0.4, -0.2) is 5.11 Å². The van der Waals surface area contributed by atoms with Gasteiger partial charge in [-0.15, -0.1) is 0 Å². The Hall–Kier alpha value is -0.760. The largest absolute Gasteiger partial charge is 0.463 e. The molecule has 1 saturated carbocycles. The van der Waals surface area contributed by atoms with Crippen LogP contribution in [0.1, 0.15) is 70.5 Å². The Kier molecular flexibility index (Phi) is 3.35. The molecule has 0 amide bonds. The first kappa shape index (κ1) is 12.7. The summed E-state index contributed by atoms with van der Waals surface area (Å²) in [6, 6.07) is 3.97. The zero-order valence-corrected chi connectivity index (χ0v) is 11.4. The first-order chi connectivity index (χ1) is 7.87. The van der Waals surface area contributed by atoms with Crippen LogP contribution in [0, 0.1) is 11.3 Å². The average molecular weight is 236 g/mol. The maximum absolute atomic E-state index is 10.1. The monoisotopic (exact) mass is 236 g/mol. The van der Waals surface area contributed by atoms with E-state index < -0.39 is 6.10 Å². The Labute approximate surface area is 104 Å². The van der Waals surface area contributed by atoms with E-state index in [9.17, 15) is 5.11 Å². The van der Waals surface area contributed by atoms with Crippen LogP contribution in [0.15, 0.2) is 16.5 Å². The van der Waals surface area contributed by atoms with Crippen LogP contribution < -0.4 is 0 Å². The zero-order chi connectivity index (χ0) is 12.6. The lowest BCUT2D eigenvalue weighted by atomic mass is 9.89. The van der Waals surface area contributed by atoms with E-state index >= 15 is 0 Å². The molecule has 17 heavy (non-hydrogen) atoms. The Balaban J connectivity index is 1.91. The lowest BCUT2D eigenvalue weighted by molar-refractivity contribution is 0.122. The van der Waals surface area contributed by atoms with E-state index in [4.69, 9.17) is 4.42 Å². The summed E-state index contributed by atoms with van der Waals surface area (Å²) in [6.45, 7) is 8.82. The number of aliphatic hydroxyl groups excluding tert-OH is 1. The smallest absolute Gasteiger partial charge is 0.132 e. The van der Waals surface area contributed by atoms with Crippen molar-refractivity contribution in [1.82, 2.24) is 0 Å². The standard InChI is InChI=1S/C15H24O2/c1-10-9-11(10)13-5-6-14(17-13)12(16)7-8-15(2,3)4/h5-6,10-12,16H,7-9H2,1-4H3. The molecule has 0 aliphatic heterocycles. The highest BCUT2D eigenvalue weighted by molar-refractivity contribution is 5.18. The molecule has 0 bridgehead atoms. The fourth-order valence-electron chi connectivity index (χ4n) is 2.18. The Morgan fingerprint density at radius 2 is 2.06 bits per heavy atom. The summed E-state index contributed by atoms with van der Waals surface area (Å²) in [5.74, 6) is 3.14. The van der Waals surface area contributed by atoms with Gasteiger partial charge in [-0.2, -0.15) is 0 Å². The summed E-state index contributed by atoms with van der Waals surface area (Å²) in [7, 11) is 0. The van der Waals surface area contributed by atoms with Gasteiger partial charge in [-0.1, -0.05) is 27.7 Å². The van der Waals surface area contributed by atoms with E-state index in [1.54, 1.807) is 0 Å². The van der Waals surface area contributed by atoms with Crippen LogP contribution in [-0.2, 0) is 0 Å². The minimum Gasteiger partial charge on any atom is -0.463 e. The second-order valence-corrected chi connectivity index (χ2v) is 6.67. The van der Waals surface area contributed by atoms with Gasteiger partial charge in [0.25, 0.3) is 0 Å². The summed E-state index contributed by atoms with van der Waals surface area (Å²) < 4.78 is 5.75. The number of rotatable bonds is 4. The third-order valence-corrected chi connectivity index (χ3v) is 3.62. The third kappa shape index (κ3) is 3.35. The van der Waals surface area contributed by atoms with Gasteiger partial charge in [0, 0.05) is 5.92 Å². The predicted molar refractivity (Wildman–Crippen MR) is 68.9 cm³/mol. The highest BCUT2D eigenvalue weighted by Crippen LogP contribution is 2.47. The molecule has 0 saturated heterocycles. The second-order valence-electron chi connectivity index (χ2n) is 6.67. The number of hydrogen-bond acceptors (Lipinski definition) is 2. The van der Waals surface area contributed by atoms with Crippen LogP contribution in [0.3, 0.4) is 0 Å². The molecular weight excluding hydrogens is 212 g/mol. The molecule has 2 nitrogen and oxygen atoms in total. The van der Waals surface area contributed by atoms with Gasteiger partial charge in [0.05, 0.1) is 0 Å². The molecule has 1 aromatic heterocycles. The molecule has 1 N–H and O–H groups in total. The maximum Gasteiger partial charge on any atom is 0.132 e. The van der Waals surface area contributed by atoms with E-state index in [-0.39, 0.29) is 5.41 Å². The molecule has 0 aromatic carbocycles. The van der Waals surface area contributed by atoms with Gasteiger partial charge in [0.15, 0.2) is 0 Å². The van der Waals surface area contributed by atoms with Crippen LogP contribution in [0.25, 0.3) is 0 Å². The van der Waals surface area contributed by atoms with Gasteiger partial charge in [-0.25, -0.2) is 0 Å². The van der Waals surface area contributed by atoms with Crippen molar-refractivity contribution in [3.05, 3.63) is 23.7 Å². The van der Waals surface area contributed by atoms with Crippen molar-refractivity contribution >= 4 is 0 Å². The molecule has 1 heterocycles. The SMILES string of the molecule is CC1CC1c1ccc(C(O)CCC(C)(C)C)o1. The van der Waals surface area contributed by atoms with E-state index in [1.165, 1.54) is 6.42 Å². The fraction of sp³-hybridized carbons (Fsp3) is 0.733. The van der Waals surface area contributed by atoms with Gasteiger partial charge in [-0.3, -0.25) is 0 Å². The minimum atomic E-state index is -0.447. The maximum atomic E-state index is 10.1. The normalized spacial score (nSPS) is 25.9. The third-order valence-electron chi connectivity index (χ3n) is 3.62. The molecule has 1 aromatic rings. The number of aliphatic hydroxyl groups is 1. The van der Waals surface area contributed by atoms with Crippen molar-refractivity contribution in [3.63, 3.8) is 0 Å². The molecule has 96 valence electrons. The summed E-state index contributed by atoms with van der Waals surface area (Å²) >= 11 is 0. The van der Waals surface area contributed by atoms with Crippen LogP contribution in [0.5, 0.6) is 0 Å². The van der Waals surface area contributed by atoms with Gasteiger partial charge < -0.3 is 9.52 Å². The van der Waals surface area contributed by atoms with Crippen molar-refractivity contribution in [3.8, 4) is 0 Å². The molecule has 2 rings (SSSR count). The van der Waals surface area contributed by atoms with Crippen LogP contribution >= 0.6 is 0 Å². The molecule has 0 radical (unpaired) electrons. The molecular formula is C15H24O2. The quantitative estimate of drug-likeness (QED) is 0.847. The van der Waals surface area contributed by atoms with Crippen molar-refractivity contribution in [1.29, 1.82) is 0 Å². The Morgan fingerprint density at radius 1 is 1.41 bits per heavy atom. The van der Waals surface area contributed by atoms with E-state index in [1.807, 2.05) is 12.1 Å². The van der Waals surface area contributed by atoms with Crippen molar-refractivity contribution in [2.24, 2.45) is 11.3 Å². The van der Waals surface area contributed by atoms with Gasteiger partial charge in [0.1, 0.15) is 17.6 Å². The Morgan fingerprint density at radius 3 is 2.59 bits per heavy atom. The van der Waals surface area contributed by atoms with Gasteiger partial charge in [-0.05, 0) is 42.7 Å². The van der Waals surface area contributed by atoms with Gasteiger partial charge in [0.2, 0.25) is 0 Å². The van der Waals surface area contributed by atoms with E-state index in [2.05, 4.69) is 27.7 Å². The predicted octanol–water partition coefficient (Wildman–Crippen LogP) is 4.26. The van der Waals surface area contributed by atoms with Crippen LogP contribution in [0.2, 0.25) is 0 Å². The van der Waals surface area contributed by atoms with E-state index in [0.29, 0.717) is 5.92 Å². The number of furan rings is 1. The summed E-state index contributed by atoms with van der Waals surface area (Å²) in [6.07, 6.45) is 2.56. The molecule has 1 aliphatic carbocycles. The molecule has 1 aliphatic rings. The van der Waals surface area contributed by atoms with Gasteiger partial charge >= 0.3 is 0 Å². The van der Waals surface area contributed by atoms with Crippen LogP contribution in [0.4, 0.5) is 0 Å². The Bertz CT molecular complexity index is 373. The zero-order valence-electron chi connectivity index (χ0n) is 11.4. The summed E-state index contributed by atoms with van der Waals surface area (Å²) in [5, 5.41) is 10.1. The van der Waals surface area contributed by atoms with Crippen molar-refractivity contribution in [2.45, 2.75) is 59.0 Å². The molecule has 0 spiro atoms. The summed E-state index contributed by atoms with van der Waals surface area (Å²) in [5.41, 5.74) is 0.265. The molecule has 3 unspecified atom stereocenters. The summed E-state index contributed by atoms with van der Waals surface area (Å²) in [4.78, 5) is 0. The minimum absolute atomic E-state index is 0.265. The number of hydrogen-bond donors (Lipinski definition) is 1. The average Bonchev–Trinajstić information content (AvgIpc) is 2.79. The highest BCUT2D eigenvalue weighted by atomic mass is 16.4. The fourth-order valence-corrected chi connectivity index (χ4v) is 2.18. The topological polar surface area (TPSA) is 33.4 Å². The van der Waals surface area contributed by atoms with E-state index in [0.717, 1.165) is 30.3 Å². The second kappa shape index (κ2) is 4.49. The lowest BCUT2D eigenvalue weighted by Crippen LogP contribution is -2.07. The molecule has 1 fully saturated rings. The van der Waals surface area contributed by atoms with Crippen molar-refractivity contribution < 1.29 is 9.52 Å². The highest BCUT2D eigenvalue weighted by Gasteiger charge is 2.36. The lowest BCUT2D eigenvalue weighted by Gasteiger charge is -2.19. The first-order valence-corrected chi connectivity index (χ1v) is 6.64. The van der Waals surface area contributed by atoms with Crippen molar-refractivity contribution in [2.75, 3.05) is 0 Å². The molecule has 3 atom stereocenters.